The average Bonchev–Trinajstić information content (AvgIpc) is 3.35. The standard InChI is InChI=1S/C20H35N5O3/c1-5-23(6-2)12-17-13-25(22-21-17)18-8-15-10-24(20(26)14-28-7-3)11-16(15)9-19(18)27-4/h13,15-16,18-19H,5-12,14H2,1-4H3/t15-,16+,18-,19-/m1/s1. The third-order valence-electron chi connectivity index (χ3n) is 6.35. The monoisotopic (exact) mass is 393 g/mol. The molecule has 0 spiro atoms. The molecular weight excluding hydrogens is 358 g/mol. The molecule has 1 saturated heterocycles. The summed E-state index contributed by atoms with van der Waals surface area (Å²) in [6.07, 6.45) is 4.10. The lowest BCUT2D eigenvalue weighted by Gasteiger charge is -2.36. The topological polar surface area (TPSA) is 72.7 Å². The van der Waals surface area contributed by atoms with Crippen molar-refractivity contribution in [3.05, 3.63) is 11.9 Å². The van der Waals surface area contributed by atoms with Crippen LogP contribution in [0, 0.1) is 11.8 Å². The van der Waals surface area contributed by atoms with Gasteiger partial charge in [0.05, 0.1) is 24.0 Å². The highest BCUT2D eigenvalue weighted by Crippen LogP contribution is 2.42. The van der Waals surface area contributed by atoms with Crippen molar-refractivity contribution in [3.63, 3.8) is 0 Å². The zero-order valence-electron chi connectivity index (χ0n) is 17.7. The molecule has 0 unspecified atom stereocenters. The van der Waals surface area contributed by atoms with Crippen LogP contribution in [0.25, 0.3) is 0 Å². The molecule has 1 aromatic rings. The van der Waals surface area contributed by atoms with Gasteiger partial charge in [-0.2, -0.15) is 0 Å². The maximum absolute atomic E-state index is 12.4. The average molecular weight is 394 g/mol. The minimum Gasteiger partial charge on any atom is -0.379 e. The summed E-state index contributed by atoms with van der Waals surface area (Å²) in [6.45, 7) is 11.4. The predicted octanol–water partition coefficient (Wildman–Crippen LogP) is 1.58. The van der Waals surface area contributed by atoms with E-state index in [1.807, 2.05) is 16.5 Å². The fraction of sp³-hybridized carbons (Fsp3) is 0.850. The third-order valence-corrected chi connectivity index (χ3v) is 6.35. The van der Waals surface area contributed by atoms with Gasteiger partial charge in [0.25, 0.3) is 0 Å². The molecule has 0 aromatic carbocycles. The number of hydrogen-bond donors (Lipinski definition) is 0. The highest BCUT2D eigenvalue weighted by Gasteiger charge is 2.44. The lowest BCUT2D eigenvalue weighted by molar-refractivity contribution is -0.135. The molecule has 3 rings (SSSR count). The summed E-state index contributed by atoms with van der Waals surface area (Å²) in [5, 5.41) is 8.82. The fourth-order valence-electron chi connectivity index (χ4n) is 4.63. The molecule has 8 nitrogen and oxygen atoms in total. The summed E-state index contributed by atoms with van der Waals surface area (Å²) in [5.74, 6) is 1.08. The molecule has 1 saturated carbocycles. The van der Waals surface area contributed by atoms with Gasteiger partial charge in [0.2, 0.25) is 5.91 Å². The SMILES string of the molecule is CCOCC(=O)N1C[C@H]2C[C@@H](n3cc(CN(CC)CC)nn3)[C@H](OC)C[C@H]2C1. The number of carbonyl (C=O) groups excluding carboxylic acids is 1. The van der Waals surface area contributed by atoms with Gasteiger partial charge in [-0.25, -0.2) is 4.68 Å². The van der Waals surface area contributed by atoms with Crippen LogP contribution in [0.5, 0.6) is 0 Å². The van der Waals surface area contributed by atoms with Gasteiger partial charge in [-0.05, 0) is 44.7 Å². The van der Waals surface area contributed by atoms with Crippen molar-refractivity contribution in [1.82, 2.24) is 24.8 Å². The number of amides is 1. The quantitative estimate of drug-likeness (QED) is 0.634. The van der Waals surface area contributed by atoms with E-state index in [4.69, 9.17) is 9.47 Å². The van der Waals surface area contributed by atoms with Crippen molar-refractivity contribution in [3.8, 4) is 0 Å². The fourth-order valence-corrected chi connectivity index (χ4v) is 4.63. The van der Waals surface area contributed by atoms with Crippen LogP contribution < -0.4 is 0 Å². The van der Waals surface area contributed by atoms with Crippen molar-refractivity contribution in [2.75, 3.05) is 46.5 Å². The lowest BCUT2D eigenvalue weighted by Crippen LogP contribution is -2.37. The molecule has 0 bridgehead atoms. The number of aromatic nitrogens is 3. The molecule has 4 atom stereocenters. The smallest absolute Gasteiger partial charge is 0.248 e. The summed E-state index contributed by atoms with van der Waals surface area (Å²) in [4.78, 5) is 16.6. The predicted molar refractivity (Wildman–Crippen MR) is 106 cm³/mol. The maximum atomic E-state index is 12.4. The highest BCUT2D eigenvalue weighted by molar-refractivity contribution is 5.77. The van der Waals surface area contributed by atoms with Gasteiger partial charge in [0.15, 0.2) is 0 Å². The van der Waals surface area contributed by atoms with Crippen LogP contribution in [0.15, 0.2) is 6.20 Å². The Bertz CT molecular complexity index is 633. The van der Waals surface area contributed by atoms with Gasteiger partial charge in [-0.15, -0.1) is 5.10 Å². The Kier molecular flexibility index (Phi) is 7.42. The van der Waals surface area contributed by atoms with Crippen LogP contribution in [0.2, 0.25) is 0 Å². The zero-order chi connectivity index (χ0) is 20.1. The zero-order valence-corrected chi connectivity index (χ0v) is 17.7. The van der Waals surface area contributed by atoms with E-state index in [0.29, 0.717) is 18.4 Å². The number of ether oxygens (including phenoxy) is 2. The molecular formula is C20H35N5O3. The number of hydrogen-bond acceptors (Lipinski definition) is 6. The van der Waals surface area contributed by atoms with Crippen LogP contribution in [0.1, 0.15) is 45.3 Å². The maximum Gasteiger partial charge on any atom is 0.248 e. The molecule has 2 aliphatic rings. The van der Waals surface area contributed by atoms with Gasteiger partial charge < -0.3 is 14.4 Å². The first kappa shape index (κ1) is 21.2. The lowest BCUT2D eigenvalue weighted by atomic mass is 9.77. The van der Waals surface area contributed by atoms with E-state index in [2.05, 4.69) is 35.3 Å². The third kappa shape index (κ3) is 4.72. The second kappa shape index (κ2) is 9.80. The Morgan fingerprint density at radius 2 is 1.93 bits per heavy atom. The van der Waals surface area contributed by atoms with E-state index in [9.17, 15) is 4.79 Å². The first-order valence-corrected chi connectivity index (χ1v) is 10.6. The number of carbonyl (C=O) groups is 1. The summed E-state index contributed by atoms with van der Waals surface area (Å²) in [6, 6.07) is 0.172. The second-order valence-electron chi connectivity index (χ2n) is 7.92. The van der Waals surface area contributed by atoms with Gasteiger partial charge >= 0.3 is 0 Å². The van der Waals surface area contributed by atoms with Crippen LogP contribution in [0.3, 0.4) is 0 Å². The van der Waals surface area contributed by atoms with Crippen molar-refractivity contribution in [2.45, 2.75) is 52.3 Å². The number of likely N-dealkylation sites (tertiary alicyclic amines) is 1. The molecule has 0 radical (unpaired) electrons. The van der Waals surface area contributed by atoms with Crippen molar-refractivity contribution < 1.29 is 14.3 Å². The van der Waals surface area contributed by atoms with Gasteiger partial charge in [0.1, 0.15) is 6.61 Å². The van der Waals surface area contributed by atoms with Crippen molar-refractivity contribution in [2.24, 2.45) is 11.8 Å². The van der Waals surface area contributed by atoms with E-state index in [-0.39, 0.29) is 24.7 Å². The normalized spacial score (nSPS) is 27.4. The Balaban J connectivity index is 1.65. The number of methoxy groups -OCH3 is 1. The van der Waals surface area contributed by atoms with E-state index >= 15 is 0 Å². The summed E-state index contributed by atoms with van der Waals surface area (Å²) in [5.41, 5.74) is 1.00. The first-order chi connectivity index (χ1) is 13.6. The minimum atomic E-state index is 0.101. The van der Waals surface area contributed by atoms with Gasteiger partial charge in [0, 0.05) is 33.4 Å². The van der Waals surface area contributed by atoms with E-state index in [1.54, 1.807) is 7.11 Å². The molecule has 1 aromatic heterocycles. The molecule has 28 heavy (non-hydrogen) atoms. The van der Waals surface area contributed by atoms with Crippen molar-refractivity contribution >= 4 is 5.91 Å². The molecule has 1 amide bonds. The van der Waals surface area contributed by atoms with E-state index < -0.39 is 0 Å². The number of nitrogens with zero attached hydrogens (tertiary/aromatic N) is 5. The molecule has 0 N–H and O–H groups in total. The van der Waals surface area contributed by atoms with Crippen LogP contribution in [-0.2, 0) is 20.8 Å². The molecule has 1 aliphatic heterocycles. The van der Waals surface area contributed by atoms with E-state index in [1.165, 1.54) is 0 Å². The molecule has 8 heteroatoms. The summed E-state index contributed by atoms with van der Waals surface area (Å²) in [7, 11) is 1.78. The Hall–Kier alpha value is -1.51. The number of fused-ring (bicyclic) bond motifs is 1. The van der Waals surface area contributed by atoms with Gasteiger partial charge in [-0.3, -0.25) is 9.69 Å². The molecule has 158 valence electrons. The summed E-state index contributed by atoms with van der Waals surface area (Å²) >= 11 is 0. The van der Waals surface area contributed by atoms with Crippen molar-refractivity contribution in [1.29, 1.82) is 0 Å². The van der Waals surface area contributed by atoms with Gasteiger partial charge in [-0.1, -0.05) is 19.1 Å². The van der Waals surface area contributed by atoms with Crippen LogP contribution in [-0.4, -0.2) is 83.3 Å². The molecule has 1 aliphatic carbocycles. The Labute approximate surface area is 168 Å². The largest absolute Gasteiger partial charge is 0.379 e. The van der Waals surface area contributed by atoms with Crippen LogP contribution in [0.4, 0.5) is 0 Å². The first-order valence-electron chi connectivity index (χ1n) is 10.6. The number of rotatable bonds is 9. The van der Waals surface area contributed by atoms with E-state index in [0.717, 1.165) is 51.3 Å². The van der Waals surface area contributed by atoms with Crippen LogP contribution >= 0.6 is 0 Å². The highest BCUT2D eigenvalue weighted by atomic mass is 16.5. The summed E-state index contributed by atoms with van der Waals surface area (Å²) < 4.78 is 13.1. The Morgan fingerprint density at radius 3 is 2.57 bits per heavy atom. The Morgan fingerprint density at radius 1 is 1.21 bits per heavy atom. The second-order valence-corrected chi connectivity index (χ2v) is 7.92. The molecule has 2 heterocycles. The molecule has 2 fully saturated rings. The minimum absolute atomic E-state index is 0.101.